The van der Waals surface area contributed by atoms with E-state index in [1.165, 1.54) is 6.92 Å². The van der Waals surface area contributed by atoms with Crippen LogP contribution in [0.2, 0.25) is 0 Å². The first-order valence-electron chi connectivity index (χ1n) is 1.90. The Morgan fingerprint density at radius 2 is 2.57 bits per heavy atom. The zero-order valence-corrected chi connectivity index (χ0v) is 4.00. The maximum absolute atomic E-state index is 9.13. The van der Waals surface area contributed by atoms with E-state index in [1.807, 2.05) is 0 Å². The molecular weight excluding hydrogens is 98.0 g/mol. The summed E-state index contributed by atoms with van der Waals surface area (Å²) in [5, 5.41) is 10.4. The minimum absolute atomic E-state index is 0.0243. The van der Waals surface area contributed by atoms with Gasteiger partial charge in [0.15, 0.2) is 5.34 Å². The number of rotatable bonds is 3. The fourth-order valence-corrected chi connectivity index (χ4v) is 0.138. The summed E-state index contributed by atoms with van der Waals surface area (Å²) in [5.74, 6) is 0. The Hall–Kier alpha value is -0.640. The lowest BCUT2D eigenvalue weighted by molar-refractivity contribution is 0.0476. The van der Waals surface area contributed by atoms with Gasteiger partial charge in [0, 0.05) is 0 Å². The number of hydrogen-bond acceptors (Lipinski definition) is 4. The SMILES string of the molecule is C[C@H](O)CON=O. The molecule has 1 atom stereocenters. The van der Waals surface area contributed by atoms with Crippen molar-refractivity contribution in [1.29, 1.82) is 0 Å². The molecule has 0 unspecified atom stereocenters. The Labute approximate surface area is 41.0 Å². The molecule has 0 saturated carbocycles. The fourth-order valence-electron chi connectivity index (χ4n) is 0.138. The van der Waals surface area contributed by atoms with Crippen LogP contribution in [0.4, 0.5) is 0 Å². The molecule has 0 aromatic heterocycles. The van der Waals surface area contributed by atoms with Gasteiger partial charge in [-0.15, -0.1) is 4.91 Å². The predicted molar refractivity (Wildman–Crippen MR) is 23.4 cm³/mol. The van der Waals surface area contributed by atoms with E-state index in [0.29, 0.717) is 0 Å². The molecule has 4 nitrogen and oxygen atoms in total. The van der Waals surface area contributed by atoms with E-state index in [2.05, 4.69) is 10.2 Å². The summed E-state index contributed by atoms with van der Waals surface area (Å²) in [7, 11) is 0. The lowest BCUT2D eigenvalue weighted by atomic mass is 10.5. The Bertz CT molecular complexity index is 54.1. The summed E-state index contributed by atoms with van der Waals surface area (Å²) in [6.07, 6.45) is -0.613. The van der Waals surface area contributed by atoms with Crippen molar-refractivity contribution in [3.63, 3.8) is 0 Å². The van der Waals surface area contributed by atoms with E-state index >= 15 is 0 Å². The monoisotopic (exact) mass is 105 g/mol. The van der Waals surface area contributed by atoms with E-state index in [0.717, 1.165) is 0 Å². The van der Waals surface area contributed by atoms with Gasteiger partial charge in [0.2, 0.25) is 0 Å². The van der Waals surface area contributed by atoms with E-state index in [9.17, 15) is 0 Å². The number of aliphatic hydroxyl groups is 1. The van der Waals surface area contributed by atoms with E-state index < -0.39 is 6.10 Å². The molecule has 0 aliphatic carbocycles. The first kappa shape index (κ1) is 6.36. The lowest BCUT2D eigenvalue weighted by Crippen LogP contribution is -2.06. The molecule has 1 N–H and O–H groups in total. The normalized spacial score (nSPS) is 12.9. The van der Waals surface area contributed by atoms with Crippen LogP contribution in [0.25, 0.3) is 0 Å². The fraction of sp³-hybridized carbons (Fsp3) is 1.00. The molecule has 0 aromatic carbocycles. The van der Waals surface area contributed by atoms with Crippen LogP contribution < -0.4 is 0 Å². The van der Waals surface area contributed by atoms with Gasteiger partial charge in [-0.2, -0.15) is 0 Å². The van der Waals surface area contributed by atoms with E-state index in [1.54, 1.807) is 0 Å². The Morgan fingerprint density at radius 1 is 2.00 bits per heavy atom. The van der Waals surface area contributed by atoms with Crippen molar-refractivity contribution < 1.29 is 9.94 Å². The van der Waals surface area contributed by atoms with Gasteiger partial charge in [-0.25, -0.2) is 0 Å². The summed E-state index contributed by atoms with van der Waals surface area (Å²) in [4.78, 5) is 13.0. The molecule has 0 bridgehead atoms. The third kappa shape index (κ3) is 5.36. The smallest absolute Gasteiger partial charge is 0.155 e. The van der Waals surface area contributed by atoms with Crippen molar-refractivity contribution in [3.05, 3.63) is 4.91 Å². The standard InChI is InChI=1S/C3H7NO3/c1-3(5)2-7-4-6/h3,5H,2H2,1H3/t3-/m0/s1. The third-order valence-electron chi connectivity index (χ3n) is 0.368. The van der Waals surface area contributed by atoms with Crippen LogP contribution in [0.5, 0.6) is 0 Å². The van der Waals surface area contributed by atoms with Crippen LogP contribution in [-0.2, 0) is 4.84 Å². The molecule has 4 heteroatoms. The minimum Gasteiger partial charge on any atom is -0.390 e. The van der Waals surface area contributed by atoms with Crippen molar-refractivity contribution in [1.82, 2.24) is 0 Å². The van der Waals surface area contributed by atoms with Crippen LogP contribution in [0, 0.1) is 4.91 Å². The summed E-state index contributed by atoms with van der Waals surface area (Å²) < 4.78 is 0. The molecule has 0 rings (SSSR count). The molecule has 0 aromatic rings. The molecule has 0 aliphatic rings. The summed E-state index contributed by atoms with van der Waals surface area (Å²) in [6.45, 7) is 1.48. The molecule has 0 heterocycles. The summed E-state index contributed by atoms with van der Waals surface area (Å²) >= 11 is 0. The van der Waals surface area contributed by atoms with Crippen molar-refractivity contribution in [3.8, 4) is 0 Å². The minimum atomic E-state index is -0.613. The molecule has 7 heavy (non-hydrogen) atoms. The van der Waals surface area contributed by atoms with Gasteiger partial charge in [-0.3, -0.25) is 0 Å². The van der Waals surface area contributed by atoms with Gasteiger partial charge in [-0.05, 0) is 6.92 Å². The van der Waals surface area contributed by atoms with Crippen molar-refractivity contribution in [2.45, 2.75) is 13.0 Å². The average Bonchev–Trinajstić information content (AvgIpc) is 1.61. The van der Waals surface area contributed by atoms with Crippen LogP contribution in [0.3, 0.4) is 0 Å². The van der Waals surface area contributed by atoms with E-state index in [4.69, 9.17) is 10.0 Å². The molecular formula is C3H7NO3. The van der Waals surface area contributed by atoms with Crippen LogP contribution in [-0.4, -0.2) is 17.8 Å². The first-order chi connectivity index (χ1) is 3.27. The molecule has 0 spiro atoms. The van der Waals surface area contributed by atoms with Gasteiger partial charge in [0.1, 0.15) is 6.61 Å². The summed E-state index contributed by atoms with van der Waals surface area (Å²) in [6, 6.07) is 0. The van der Waals surface area contributed by atoms with Crippen LogP contribution >= 0.6 is 0 Å². The number of aliphatic hydroxyl groups excluding tert-OH is 1. The van der Waals surface area contributed by atoms with E-state index in [-0.39, 0.29) is 6.61 Å². The Morgan fingerprint density at radius 3 is 2.71 bits per heavy atom. The molecule has 0 fully saturated rings. The maximum atomic E-state index is 9.13. The second-order valence-corrected chi connectivity index (χ2v) is 1.22. The highest BCUT2D eigenvalue weighted by molar-refractivity contribution is 4.37. The largest absolute Gasteiger partial charge is 0.390 e. The zero-order chi connectivity index (χ0) is 5.70. The highest BCUT2D eigenvalue weighted by Crippen LogP contribution is 1.80. The van der Waals surface area contributed by atoms with Gasteiger partial charge in [0.25, 0.3) is 0 Å². The van der Waals surface area contributed by atoms with Crippen LogP contribution in [0.15, 0.2) is 5.34 Å². The first-order valence-corrected chi connectivity index (χ1v) is 1.90. The van der Waals surface area contributed by atoms with Gasteiger partial charge in [0.05, 0.1) is 6.10 Å². The average molecular weight is 105 g/mol. The van der Waals surface area contributed by atoms with Crippen molar-refractivity contribution in [2.24, 2.45) is 5.34 Å². The highest BCUT2D eigenvalue weighted by atomic mass is 16.7. The molecule has 42 valence electrons. The number of nitrogens with zero attached hydrogens (tertiary/aromatic N) is 1. The maximum Gasteiger partial charge on any atom is 0.155 e. The Kier molecular flexibility index (Phi) is 3.22. The van der Waals surface area contributed by atoms with Gasteiger partial charge in [-0.1, -0.05) is 0 Å². The highest BCUT2D eigenvalue weighted by Gasteiger charge is 1.91. The summed E-state index contributed by atoms with van der Waals surface area (Å²) in [5.41, 5.74) is 0. The molecule has 0 saturated heterocycles. The second-order valence-electron chi connectivity index (χ2n) is 1.22. The lowest BCUT2D eigenvalue weighted by Gasteiger charge is -1.95. The quantitative estimate of drug-likeness (QED) is 0.408. The van der Waals surface area contributed by atoms with Crippen molar-refractivity contribution >= 4 is 0 Å². The third-order valence-corrected chi connectivity index (χ3v) is 0.368. The van der Waals surface area contributed by atoms with Gasteiger partial charge >= 0.3 is 0 Å². The topological polar surface area (TPSA) is 58.9 Å². The predicted octanol–water partition coefficient (Wildman–Crippen LogP) is 0.0652. The molecule has 0 aliphatic heterocycles. The Balaban J connectivity index is 2.81. The second kappa shape index (κ2) is 3.55. The van der Waals surface area contributed by atoms with Crippen LogP contribution in [0.1, 0.15) is 6.92 Å². The van der Waals surface area contributed by atoms with Gasteiger partial charge < -0.3 is 9.94 Å². The zero-order valence-electron chi connectivity index (χ0n) is 4.00. The number of hydrogen-bond donors (Lipinski definition) is 1. The van der Waals surface area contributed by atoms with Crippen molar-refractivity contribution in [2.75, 3.05) is 6.61 Å². The molecule has 0 amide bonds. The molecule has 0 radical (unpaired) electrons.